The van der Waals surface area contributed by atoms with Crippen LogP contribution in [-0.2, 0) is 14.6 Å². The van der Waals surface area contributed by atoms with E-state index < -0.39 is 21.5 Å². The number of hydrogen-bond donors (Lipinski definition) is 2. The summed E-state index contributed by atoms with van der Waals surface area (Å²) in [5, 5.41) is 0. The average molecular weight is 293 g/mol. The molecule has 5 nitrogen and oxygen atoms in total. The van der Waals surface area contributed by atoms with E-state index in [1.807, 2.05) is 0 Å². The molecule has 1 amide bonds. The van der Waals surface area contributed by atoms with Crippen molar-refractivity contribution < 1.29 is 13.2 Å². The molecule has 0 saturated heterocycles. The van der Waals surface area contributed by atoms with Gasteiger partial charge in [0.25, 0.3) is 0 Å². The van der Waals surface area contributed by atoms with E-state index in [-0.39, 0.29) is 4.90 Å². The van der Waals surface area contributed by atoms with E-state index in [1.54, 1.807) is 17.6 Å². The van der Waals surface area contributed by atoms with Gasteiger partial charge in [-0.2, -0.15) is 0 Å². The summed E-state index contributed by atoms with van der Waals surface area (Å²) in [5.74, 6) is 3.42. The topological polar surface area (TPSA) is 89.3 Å². The van der Waals surface area contributed by atoms with E-state index in [2.05, 4.69) is 15.9 Å². The van der Waals surface area contributed by atoms with Crippen LogP contribution >= 0.6 is 15.9 Å². The molecule has 0 unspecified atom stereocenters. The highest BCUT2D eigenvalue weighted by molar-refractivity contribution is 9.10. The summed E-state index contributed by atoms with van der Waals surface area (Å²) in [6, 6.07) is 6.13. The summed E-state index contributed by atoms with van der Waals surface area (Å²) in [5.41, 5.74) is 1.78. The molecule has 0 aromatic heterocycles. The van der Waals surface area contributed by atoms with Crippen LogP contribution in [0, 0.1) is 0 Å². The van der Waals surface area contributed by atoms with E-state index in [1.165, 1.54) is 12.1 Å². The zero-order chi connectivity index (χ0) is 11.5. The van der Waals surface area contributed by atoms with Crippen LogP contribution in [-0.4, -0.2) is 20.1 Å². The second-order valence-electron chi connectivity index (χ2n) is 2.78. The van der Waals surface area contributed by atoms with Crippen molar-refractivity contribution in [2.45, 2.75) is 4.90 Å². The van der Waals surface area contributed by atoms with Crippen LogP contribution in [0.1, 0.15) is 0 Å². The molecule has 1 rings (SSSR count). The maximum atomic E-state index is 11.6. The molecule has 0 atom stereocenters. The van der Waals surface area contributed by atoms with E-state index in [0.717, 1.165) is 0 Å². The Hall–Kier alpha value is -0.920. The Bertz CT molecular complexity index is 473. The number of amides is 1. The number of nitrogens with two attached hydrogens (primary N) is 1. The SMILES string of the molecule is NNC(=O)CS(=O)(=O)c1cccc(Br)c1. The molecule has 1 aromatic carbocycles. The summed E-state index contributed by atoms with van der Waals surface area (Å²) in [6.07, 6.45) is 0. The summed E-state index contributed by atoms with van der Waals surface area (Å²) < 4.78 is 23.9. The van der Waals surface area contributed by atoms with Gasteiger partial charge in [-0.25, -0.2) is 14.3 Å². The molecule has 15 heavy (non-hydrogen) atoms. The smallest absolute Gasteiger partial charge is 0.249 e. The number of halogens is 1. The van der Waals surface area contributed by atoms with Gasteiger partial charge in [-0.1, -0.05) is 22.0 Å². The first-order valence-electron chi connectivity index (χ1n) is 3.93. The molecular formula is C8H9BrN2O3S. The van der Waals surface area contributed by atoms with Gasteiger partial charge in [0.1, 0.15) is 5.75 Å². The average Bonchev–Trinajstić information content (AvgIpc) is 2.17. The second kappa shape index (κ2) is 4.73. The number of sulfone groups is 1. The molecule has 0 aliphatic carbocycles. The zero-order valence-corrected chi connectivity index (χ0v) is 10.0. The summed E-state index contributed by atoms with van der Waals surface area (Å²) in [6.45, 7) is 0. The van der Waals surface area contributed by atoms with Crippen molar-refractivity contribution in [1.82, 2.24) is 5.43 Å². The van der Waals surface area contributed by atoms with Crippen LogP contribution in [0.4, 0.5) is 0 Å². The van der Waals surface area contributed by atoms with Crippen LogP contribution in [0.15, 0.2) is 33.6 Å². The lowest BCUT2D eigenvalue weighted by molar-refractivity contribution is -0.118. The molecule has 82 valence electrons. The van der Waals surface area contributed by atoms with Gasteiger partial charge < -0.3 is 0 Å². The molecule has 0 heterocycles. The van der Waals surface area contributed by atoms with Crippen molar-refractivity contribution in [3.63, 3.8) is 0 Å². The lowest BCUT2D eigenvalue weighted by Gasteiger charge is -2.03. The van der Waals surface area contributed by atoms with Gasteiger partial charge in [0.15, 0.2) is 9.84 Å². The van der Waals surface area contributed by atoms with E-state index in [4.69, 9.17) is 5.84 Å². The third-order valence-corrected chi connectivity index (χ3v) is 3.74. The van der Waals surface area contributed by atoms with Gasteiger partial charge in [-0.15, -0.1) is 0 Å². The van der Waals surface area contributed by atoms with Gasteiger partial charge in [0.2, 0.25) is 5.91 Å². The number of carbonyl (C=O) groups is 1. The third kappa shape index (κ3) is 3.29. The van der Waals surface area contributed by atoms with Crippen LogP contribution in [0.25, 0.3) is 0 Å². The van der Waals surface area contributed by atoms with Gasteiger partial charge in [-0.05, 0) is 18.2 Å². The minimum Gasteiger partial charge on any atom is -0.293 e. The fourth-order valence-corrected chi connectivity index (χ4v) is 2.70. The minimum atomic E-state index is -3.62. The van der Waals surface area contributed by atoms with Gasteiger partial charge in [0, 0.05) is 4.47 Å². The summed E-state index contributed by atoms with van der Waals surface area (Å²) in [7, 11) is -3.62. The predicted octanol–water partition coefficient (Wildman–Crippen LogP) is 0.213. The molecule has 3 N–H and O–H groups in total. The number of rotatable bonds is 3. The van der Waals surface area contributed by atoms with Crippen molar-refractivity contribution in [1.29, 1.82) is 0 Å². The first-order valence-corrected chi connectivity index (χ1v) is 6.38. The number of hydrazine groups is 1. The predicted molar refractivity (Wildman–Crippen MR) is 58.5 cm³/mol. The first-order chi connectivity index (χ1) is 6.95. The molecule has 0 radical (unpaired) electrons. The number of nitrogens with one attached hydrogen (secondary N) is 1. The Balaban J connectivity index is 3.01. The van der Waals surface area contributed by atoms with Crippen LogP contribution < -0.4 is 11.3 Å². The van der Waals surface area contributed by atoms with E-state index in [9.17, 15) is 13.2 Å². The van der Waals surface area contributed by atoms with Gasteiger partial charge in [0.05, 0.1) is 4.90 Å². The van der Waals surface area contributed by atoms with Crippen molar-refractivity contribution in [2.24, 2.45) is 5.84 Å². The van der Waals surface area contributed by atoms with Crippen molar-refractivity contribution in [2.75, 3.05) is 5.75 Å². The highest BCUT2D eigenvalue weighted by Crippen LogP contribution is 2.16. The normalized spacial score (nSPS) is 11.1. The maximum absolute atomic E-state index is 11.6. The Morgan fingerprint density at radius 3 is 2.67 bits per heavy atom. The standard InChI is InChI=1S/C8H9BrN2O3S/c9-6-2-1-3-7(4-6)15(13,14)5-8(12)11-10/h1-4H,5,10H2,(H,11,12). The number of hydrogen-bond acceptors (Lipinski definition) is 4. The van der Waals surface area contributed by atoms with Crippen LogP contribution in [0.5, 0.6) is 0 Å². The molecule has 0 bridgehead atoms. The first kappa shape index (κ1) is 12.2. The van der Waals surface area contributed by atoms with Crippen molar-refractivity contribution in [3.8, 4) is 0 Å². The molecular weight excluding hydrogens is 284 g/mol. The largest absolute Gasteiger partial charge is 0.293 e. The highest BCUT2D eigenvalue weighted by Gasteiger charge is 2.18. The molecule has 7 heteroatoms. The quantitative estimate of drug-likeness (QED) is 0.474. The molecule has 0 aliphatic heterocycles. The fraction of sp³-hybridized carbons (Fsp3) is 0.125. The molecule has 0 spiro atoms. The lowest BCUT2D eigenvalue weighted by atomic mass is 10.4. The zero-order valence-electron chi connectivity index (χ0n) is 7.60. The fourth-order valence-electron chi connectivity index (χ4n) is 0.958. The number of benzene rings is 1. The van der Waals surface area contributed by atoms with E-state index in [0.29, 0.717) is 4.47 Å². The second-order valence-corrected chi connectivity index (χ2v) is 5.69. The Morgan fingerprint density at radius 2 is 2.13 bits per heavy atom. The molecule has 0 aliphatic rings. The maximum Gasteiger partial charge on any atom is 0.249 e. The number of carbonyl (C=O) groups excluding carboxylic acids is 1. The lowest BCUT2D eigenvalue weighted by Crippen LogP contribution is -2.35. The van der Waals surface area contributed by atoms with Crippen LogP contribution in [0.2, 0.25) is 0 Å². The minimum absolute atomic E-state index is 0.0838. The van der Waals surface area contributed by atoms with Crippen molar-refractivity contribution in [3.05, 3.63) is 28.7 Å². The van der Waals surface area contributed by atoms with E-state index >= 15 is 0 Å². The Kier molecular flexibility index (Phi) is 3.83. The van der Waals surface area contributed by atoms with Gasteiger partial charge >= 0.3 is 0 Å². The monoisotopic (exact) mass is 292 g/mol. The highest BCUT2D eigenvalue weighted by atomic mass is 79.9. The Labute approximate surface area is 95.7 Å². The Morgan fingerprint density at radius 1 is 1.47 bits per heavy atom. The summed E-state index contributed by atoms with van der Waals surface area (Å²) >= 11 is 3.15. The van der Waals surface area contributed by atoms with Gasteiger partial charge in [-0.3, -0.25) is 10.2 Å². The van der Waals surface area contributed by atoms with Crippen molar-refractivity contribution >= 4 is 31.7 Å². The molecule has 0 fully saturated rings. The third-order valence-electron chi connectivity index (χ3n) is 1.64. The van der Waals surface area contributed by atoms with Crippen LogP contribution in [0.3, 0.4) is 0 Å². The summed E-state index contributed by atoms with van der Waals surface area (Å²) in [4.78, 5) is 10.9. The molecule has 0 saturated carbocycles. The molecule has 1 aromatic rings.